The van der Waals surface area contributed by atoms with Crippen LogP contribution >= 0.6 is 0 Å². The van der Waals surface area contributed by atoms with Crippen molar-refractivity contribution in [2.24, 2.45) is 7.05 Å². The van der Waals surface area contributed by atoms with Crippen LogP contribution in [0, 0.1) is 0 Å². The summed E-state index contributed by atoms with van der Waals surface area (Å²) in [5, 5.41) is 0. The number of piperidine rings is 1. The Hall–Kier alpha value is -2.60. The second kappa shape index (κ2) is 7.33. The molecule has 26 heavy (non-hydrogen) atoms. The molecule has 0 radical (unpaired) electrons. The van der Waals surface area contributed by atoms with E-state index in [2.05, 4.69) is 43.2 Å². The Balaban J connectivity index is 1.49. The summed E-state index contributed by atoms with van der Waals surface area (Å²) in [5.74, 6) is 3.61. The summed E-state index contributed by atoms with van der Waals surface area (Å²) < 4.78 is 9.56. The van der Waals surface area contributed by atoms with Gasteiger partial charge in [-0.1, -0.05) is 0 Å². The zero-order chi connectivity index (χ0) is 17.9. The smallest absolute Gasteiger partial charge is 0.127 e. The molecular formula is C20H25N5O. The Morgan fingerprint density at radius 1 is 1.12 bits per heavy atom. The number of aromatic nitrogens is 4. The second-order valence-electron chi connectivity index (χ2n) is 6.88. The molecule has 0 N–H and O–H groups in total. The summed E-state index contributed by atoms with van der Waals surface area (Å²) in [6.45, 7) is 2.98. The van der Waals surface area contributed by atoms with Crippen molar-refractivity contribution in [3.8, 4) is 11.4 Å². The molecule has 6 nitrogen and oxygen atoms in total. The Morgan fingerprint density at radius 3 is 2.65 bits per heavy atom. The SMILES string of the molecule is COc1ccc(-n2ccnc2CN2CCCC(c3nccn3C)C2)cc1. The zero-order valence-corrected chi connectivity index (χ0v) is 15.4. The third-order valence-electron chi connectivity index (χ3n) is 5.16. The second-order valence-corrected chi connectivity index (χ2v) is 6.88. The molecule has 1 fully saturated rings. The summed E-state index contributed by atoms with van der Waals surface area (Å²) in [7, 11) is 3.77. The van der Waals surface area contributed by atoms with E-state index in [0.717, 1.165) is 36.9 Å². The van der Waals surface area contributed by atoms with Crippen molar-refractivity contribution in [2.45, 2.75) is 25.3 Å². The molecule has 4 rings (SSSR count). The molecule has 1 aliphatic rings. The normalized spacial score (nSPS) is 18.2. The first kappa shape index (κ1) is 16.8. The van der Waals surface area contributed by atoms with Crippen molar-refractivity contribution in [3.63, 3.8) is 0 Å². The van der Waals surface area contributed by atoms with Gasteiger partial charge in [-0.25, -0.2) is 9.97 Å². The van der Waals surface area contributed by atoms with Crippen LogP contribution in [0.3, 0.4) is 0 Å². The van der Waals surface area contributed by atoms with Crippen molar-refractivity contribution in [1.82, 2.24) is 24.0 Å². The van der Waals surface area contributed by atoms with Crippen LogP contribution in [0.4, 0.5) is 0 Å². The van der Waals surface area contributed by atoms with Gasteiger partial charge >= 0.3 is 0 Å². The average Bonchev–Trinajstić information content (AvgIpc) is 3.31. The maximum atomic E-state index is 5.25. The molecule has 0 bridgehead atoms. The molecule has 3 aromatic rings. The van der Waals surface area contributed by atoms with Crippen molar-refractivity contribution >= 4 is 0 Å². The lowest BCUT2D eigenvalue weighted by Gasteiger charge is -2.32. The lowest BCUT2D eigenvalue weighted by atomic mass is 9.97. The van der Waals surface area contributed by atoms with Crippen molar-refractivity contribution in [3.05, 3.63) is 60.7 Å². The fraction of sp³-hybridized carbons (Fsp3) is 0.400. The third kappa shape index (κ3) is 3.37. The van der Waals surface area contributed by atoms with Gasteiger partial charge in [0.2, 0.25) is 0 Å². The van der Waals surface area contributed by atoms with Gasteiger partial charge in [0, 0.05) is 50.0 Å². The largest absolute Gasteiger partial charge is 0.497 e. The highest BCUT2D eigenvalue weighted by atomic mass is 16.5. The van der Waals surface area contributed by atoms with Gasteiger partial charge in [0.05, 0.1) is 13.7 Å². The van der Waals surface area contributed by atoms with Gasteiger partial charge in [-0.2, -0.15) is 0 Å². The lowest BCUT2D eigenvalue weighted by Crippen LogP contribution is -2.35. The maximum absolute atomic E-state index is 5.25. The predicted octanol–water partition coefficient (Wildman–Crippen LogP) is 2.99. The highest BCUT2D eigenvalue weighted by Crippen LogP contribution is 2.26. The predicted molar refractivity (Wildman–Crippen MR) is 101 cm³/mol. The molecule has 0 spiro atoms. The van der Waals surface area contributed by atoms with Crippen molar-refractivity contribution in [2.75, 3.05) is 20.2 Å². The average molecular weight is 351 g/mol. The first-order valence-corrected chi connectivity index (χ1v) is 9.11. The molecule has 0 aliphatic carbocycles. The van der Waals surface area contributed by atoms with E-state index < -0.39 is 0 Å². The first-order valence-electron chi connectivity index (χ1n) is 9.11. The molecule has 3 heterocycles. The molecule has 2 aromatic heterocycles. The van der Waals surface area contributed by atoms with Crippen LogP contribution in [0.5, 0.6) is 5.75 Å². The van der Waals surface area contributed by atoms with Crippen molar-refractivity contribution < 1.29 is 4.74 Å². The number of hydrogen-bond donors (Lipinski definition) is 0. The van der Waals surface area contributed by atoms with Gasteiger partial charge in [-0.3, -0.25) is 4.90 Å². The minimum atomic E-state index is 0.494. The topological polar surface area (TPSA) is 48.1 Å². The molecule has 1 unspecified atom stereocenters. The molecule has 1 aromatic carbocycles. The number of methoxy groups -OCH3 is 1. The molecule has 0 amide bonds. The van der Waals surface area contributed by atoms with E-state index in [1.54, 1.807) is 7.11 Å². The van der Waals surface area contributed by atoms with E-state index >= 15 is 0 Å². The molecule has 0 saturated carbocycles. The lowest BCUT2D eigenvalue weighted by molar-refractivity contribution is 0.190. The molecule has 136 valence electrons. The standard InChI is InChI=1S/C20H25N5O/c1-23-12-9-22-20(23)16-4-3-11-24(14-16)15-19-21-10-13-25(19)17-5-7-18(26-2)8-6-17/h5-10,12-13,16H,3-4,11,14-15H2,1-2H3. The molecular weight excluding hydrogens is 326 g/mol. The number of ether oxygens (including phenoxy) is 1. The molecule has 1 aliphatic heterocycles. The number of hydrogen-bond acceptors (Lipinski definition) is 4. The van der Waals surface area contributed by atoms with Crippen LogP contribution in [-0.4, -0.2) is 44.2 Å². The molecule has 1 atom stereocenters. The van der Waals surface area contributed by atoms with E-state index in [0.29, 0.717) is 5.92 Å². The van der Waals surface area contributed by atoms with Crippen LogP contribution in [0.1, 0.15) is 30.4 Å². The molecule has 6 heteroatoms. The van der Waals surface area contributed by atoms with E-state index in [9.17, 15) is 0 Å². The summed E-state index contributed by atoms with van der Waals surface area (Å²) in [4.78, 5) is 11.7. The monoisotopic (exact) mass is 351 g/mol. The van der Waals surface area contributed by atoms with Gasteiger partial charge in [-0.05, 0) is 43.7 Å². The Kier molecular flexibility index (Phi) is 4.75. The summed E-state index contributed by atoms with van der Waals surface area (Å²) in [6.07, 6.45) is 10.2. The number of imidazole rings is 2. The minimum Gasteiger partial charge on any atom is -0.497 e. The van der Waals surface area contributed by atoms with Gasteiger partial charge < -0.3 is 13.9 Å². The highest BCUT2D eigenvalue weighted by Gasteiger charge is 2.25. The fourth-order valence-electron chi connectivity index (χ4n) is 3.81. The number of rotatable bonds is 5. The maximum Gasteiger partial charge on any atom is 0.127 e. The first-order chi connectivity index (χ1) is 12.7. The van der Waals surface area contributed by atoms with Gasteiger partial charge in [0.25, 0.3) is 0 Å². The number of likely N-dealkylation sites (tertiary alicyclic amines) is 1. The summed E-state index contributed by atoms with van der Waals surface area (Å²) in [6, 6.07) is 8.10. The fourth-order valence-corrected chi connectivity index (χ4v) is 3.81. The van der Waals surface area contributed by atoms with Crippen molar-refractivity contribution in [1.29, 1.82) is 0 Å². The van der Waals surface area contributed by atoms with E-state index in [1.807, 2.05) is 36.9 Å². The van der Waals surface area contributed by atoms with Gasteiger partial charge in [-0.15, -0.1) is 0 Å². The Morgan fingerprint density at radius 2 is 1.92 bits per heavy atom. The quantitative estimate of drug-likeness (QED) is 0.709. The van der Waals surface area contributed by atoms with E-state index in [1.165, 1.54) is 18.7 Å². The summed E-state index contributed by atoms with van der Waals surface area (Å²) in [5.41, 5.74) is 1.11. The van der Waals surface area contributed by atoms with E-state index in [4.69, 9.17) is 4.74 Å². The van der Waals surface area contributed by atoms with Crippen LogP contribution in [0.15, 0.2) is 49.1 Å². The van der Waals surface area contributed by atoms with Gasteiger partial charge in [0.1, 0.15) is 17.4 Å². The zero-order valence-electron chi connectivity index (χ0n) is 15.4. The number of aryl methyl sites for hydroxylation is 1. The molecule has 1 saturated heterocycles. The number of nitrogens with zero attached hydrogens (tertiary/aromatic N) is 5. The van der Waals surface area contributed by atoms with Crippen LogP contribution in [0.25, 0.3) is 5.69 Å². The van der Waals surface area contributed by atoms with Crippen LogP contribution < -0.4 is 4.74 Å². The van der Waals surface area contributed by atoms with Crippen LogP contribution in [0.2, 0.25) is 0 Å². The van der Waals surface area contributed by atoms with E-state index in [-0.39, 0.29) is 0 Å². The third-order valence-corrected chi connectivity index (χ3v) is 5.16. The highest BCUT2D eigenvalue weighted by molar-refractivity contribution is 5.38. The van der Waals surface area contributed by atoms with Gasteiger partial charge in [0.15, 0.2) is 0 Å². The Bertz CT molecular complexity index is 851. The Labute approximate surface area is 154 Å². The number of benzene rings is 1. The minimum absolute atomic E-state index is 0.494. The van der Waals surface area contributed by atoms with Crippen LogP contribution in [-0.2, 0) is 13.6 Å². The summed E-state index contributed by atoms with van der Waals surface area (Å²) >= 11 is 0.